The van der Waals surface area contributed by atoms with Crippen LogP contribution in [0.25, 0.3) is 0 Å². The van der Waals surface area contributed by atoms with Crippen LogP contribution < -0.4 is 9.13 Å². The Morgan fingerprint density at radius 1 is 0.615 bits per heavy atom. The summed E-state index contributed by atoms with van der Waals surface area (Å²) >= 11 is 0. The van der Waals surface area contributed by atoms with Gasteiger partial charge in [-0.1, -0.05) is 41.6 Å². The maximum Gasteiger partial charge on any atom is 0.403 e. The van der Waals surface area contributed by atoms with E-state index in [1.807, 2.05) is 37.3 Å². The van der Waals surface area contributed by atoms with Gasteiger partial charge < -0.3 is 0 Å². The summed E-state index contributed by atoms with van der Waals surface area (Å²) in [5.41, 5.74) is 7.06. The van der Waals surface area contributed by atoms with Crippen LogP contribution in [-0.4, -0.2) is 19.6 Å². The van der Waals surface area contributed by atoms with Crippen LogP contribution in [0.2, 0.25) is 0 Å². The van der Waals surface area contributed by atoms with Gasteiger partial charge in [0, 0.05) is 10.2 Å². The lowest BCUT2D eigenvalue weighted by Gasteiger charge is -2.08. The van der Waals surface area contributed by atoms with Crippen molar-refractivity contribution in [2.75, 3.05) is 0 Å². The van der Waals surface area contributed by atoms with Gasteiger partial charge in [0.25, 0.3) is 0 Å². The van der Waals surface area contributed by atoms with E-state index in [2.05, 4.69) is 80.9 Å². The summed E-state index contributed by atoms with van der Waals surface area (Å²) in [6.45, 7) is 4.32. The van der Waals surface area contributed by atoms with Gasteiger partial charge in [-0.05, 0) is 96.2 Å². The molecule has 0 unspecified atom stereocenters. The van der Waals surface area contributed by atoms with Crippen molar-refractivity contribution in [1.29, 1.82) is 0 Å². The van der Waals surface area contributed by atoms with Crippen LogP contribution in [0, 0.1) is 13.8 Å². The quantitative estimate of drug-likeness (QED) is 0.128. The molecule has 4 rings (SSSR count). The van der Waals surface area contributed by atoms with E-state index in [0.717, 1.165) is 24.2 Å². The smallest absolute Gasteiger partial charge is 0.225 e. The van der Waals surface area contributed by atoms with Crippen molar-refractivity contribution in [3.63, 3.8) is 0 Å². The van der Waals surface area contributed by atoms with E-state index in [9.17, 15) is 0 Å². The first kappa shape index (κ1) is 27.9. The normalized spacial score (nSPS) is 11.8. The van der Waals surface area contributed by atoms with Crippen molar-refractivity contribution < 1.29 is 9.13 Å². The molecule has 0 aliphatic rings. The summed E-state index contributed by atoms with van der Waals surface area (Å²) in [7, 11) is 7.55. The molecule has 2 aromatic heterocycles. The molecule has 0 bridgehead atoms. The Bertz CT molecular complexity index is 1310. The lowest BCUT2D eigenvalue weighted by atomic mass is 9.99. The van der Waals surface area contributed by atoms with Gasteiger partial charge in [-0.2, -0.15) is 0 Å². The summed E-state index contributed by atoms with van der Waals surface area (Å²) < 4.78 is 7.11. The fourth-order valence-corrected chi connectivity index (χ4v) is 4.66. The van der Waals surface area contributed by atoms with Gasteiger partial charge >= 0.3 is 11.9 Å². The molecule has 0 atom stereocenters. The van der Waals surface area contributed by atoms with Crippen LogP contribution in [-0.2, 0) is 41.0 Å². The van der Waals surface area contributed by atoms with E-state index in [4.69, 9.17) is 0 Å². The molecule has 39 heavy (non-hydrogen) atoms. The fraction of sp³-hybridized carbons (Fsp3) is 0.448. The largest absolute Gasteiger partial charge is 0.403 e. The van der Waals surface area contributed by atoms with Crippen molar-refractivity contribution >= 4 is 23.3 Å². The third-order valence-corrected chi connectivity index (χ3v) is 7.06. The molecule has 10 nitrogen and oxygen atoms in total. The molecule has 2 aromatic carbocycles. The molecule has 204 valence electrons. The highest BCUT2D eigenvalue weighted by atomic mass is 15.4. The molecule has 0 N–H and O–H groups in total. The zero-order valence-corrected chi connectivity index (χ0v) is 24.0. The number of nitrogens with zero attached hydrogens (tertiary/aromatic N) is 10. The van der Waals surface area contributed by atoms with Gasteiger partial charge in [0.05, 0.1) is 39.6 Å². The molecule has 10 heteroatoms. The molecule has 0 saturated carbocycles. The SMILES string of the molecule is Cc1cc(N=Nc2n(C)nc[n+]2C)ccc1CCCCCCCc1ccc(N=Nc2n(C)nc[n+]2C)cc1C. The summed E-state index contributed by atoms with van der Waals surface area (Å²) in [5, 5.41) is 25.8. The predicted octanol–water partition coefficient (Wildman–Crippen LogP) is 5.99. The summed E-state index contributed by atoms with van der Waals surface area (Å²) in [6.07, 6.45) is 11.8. The zero-order valence-electron chi connectivity index (χ0n) is 24.0. The first-order valence-electron chi connectivity index (χ1n) is 13.6. The molecule has 0 aliphatic heterocycles. The van der Waals surface area contributed by atoms with Gasteiger partial charge in [0.1, 0.15) is 0 Å². The molecule has 0 spiro atoms. The van der Waals surface area contributed by atoms with Crippen molar-refractivity contribution in [3.05, 3.63) is 71.3 Å². The number of aryl methyl sites for hydroxylation is 8. The van der Waals surface area contributed by atoms with Crippen molar-refractivity contribution in [3.8, 4) is 0 Å². The Balaban J connectivity index is 1.16. The Labute approximate surface area is 230 Å². The lowest BCUT2D eigenvalue weighted by molar-refractivity contribution is -0.659. The maximum absolute atomic E-state index is 4.39. The molecule has 0 fully saturated rings. The zero-order chi connectivity index (χ0) is 27.8. The molecular formula is C29H40N10+2. The van der Waals surface area contributed by atoms with Crippen molar-refractivity contribution in [1.82, 2.24) is 19.6 Å². The van der Waals surface area contributed by atoms with E-state index < -0.39 is 0 Å². The monoisotopic (exact) mass is 528 g/mol. The van der Waals surface area contributed by atoms with Crippen LogP contribution in [0.3, 0.4) is 0 Å². The van der Waals surface area contributed by atoms with Gasteiger partial charge in [-0.25, -0.2) is 9.13 Å². The highest BCUT2D eigenvalue weighted by Crippen LogP contribution is 2.23. The minimum absolute atomic E-state index is 0.710. The fourth-order valence-electron chi connectivity index (χ4n) is 4.66. The Kier molecular flexibility index (Phi) is 9.40. The Morgan fingerprint density at radius 2 is 1.03 bits per heavy atom. The second kappa shape index (κ2) is 13.1. The Morgan fingerprint density at radius 3 is 1.38 bits per heavy atom. The van der Waals surface area contributed by atoms with Crippen LogP contribution in [0.15, 0.2) is 69.5 Å². The van der Waals surface area contributed by atoms with Gasteiger partial charge in [-0.15, -0.1) is 9.36 Å². The number of hydrogen-bond donors (Lipinski definition) is 0. The molecule has 2 heterocycles. The second-order valence-electron chi connectivity index (χ2n) is 10.2. The molecule has 0 saturated heterocycles. The molecular weight excluding hydrogens is 488 g/mol. The summed E-state index contributed by atoms with van der Waals surface area (Å²) in [6, 6.07) is 12.7. The predicted molar refractivity (Wildman–Crippen MR) is 150 cm³/mol. The number of aromatic nitrogens is 6. The Hall–Kier alpha value is -4.08. The van der Waals surface area contributed by atoms with Crippen LogP contribution in [0.1, 0.15) is 54.4 Å². The first-order valence-corrected chi connectivity index (χ1v) is 13.6. The topological polar surface area (TPSA) is 92.8 Å². The third kappa shape index (κ3) is 7.49. The van der Waals surface area contributed by atoms with E-state index in [1.165, 1.54) is 54.4 Å². The summed E-state index contributed by atoms with van der Waals surface area (Å²) in [5.74, 6) is 1.42. The third-order valence-electron chi connectivity index (χ3n) is 7.06. The van der Waals surface area contributed by atoms with E-state index in [-0.39, 0.29) is 0 Å². The number of azo groups is 2. The highest BCUT2D eigenvalue weighted by molar-refractivity contribution is 5.44. The second-order valence-corrected chi connectivity index (χ2v) is 10.2. The molecule has 4 aromatic rings. The maximum atomic E-state index is 4.39. The van der Waals surface area contributed by atoms with Crippen molar-refractivity contribution in [2.24, 2.45) is 48.6 Å². The molecule has 0 aliphatic carbocycles. The van der Waals surface area contributed by atoms with Crippen LogP contribution in [0.5, 0.6) is 0 Å². The number of rotatable bonds is 12. The van der Waals surface area contributed by atoms with Gasteiger partial charge in [0.15, 0.2) is 0 Å². The first-order chi connectivity index (χ1) is 18.8. The number of unbranched alkanes of at least 4 members (excludes halogenated alkanes) is 4. The van der Waals surface area contributed by atoms with E-state index in [1.54, 1.807) is 22.0 Å². The van der Waals surface area contributed by atoms with E-state index in [0.29, 0.717) is 11.9 Å². The van der Waals surface area contributed by atoms with Crippen molar-refractivity contribution in [2.45, 2.75) is 58.8 Å². The van der Waals surface area contributed by atoms with Gasteiger partial charge in [0.2, 0.25) is 12.7 Å². The standard InChI is InChI=1S/C29H40N10/c1-22-18-26(32-34-28-36(3)20-30-38(28)5)16-14-24(22)12-10-8-7-9-11-13-25-15-17-27(19-23(25)2)33-35-29-37(4)21-31-39(29)6/h14-21H,7-13H2,1-6H3/q+2. The average Bonchev–Trinajstić information content (AvgIpc) is 3.41. The molecule has 0 amide bonds. The minimum Gasteiger partial charge on any atom is -0.225 e. The van der Waals surface area contributed by atoms with Gasteiger partial charge in [-0.3, -0.25) is 0 Å². The highest BCUT2D eigenvalue weighted by Gasteiger charge is 2.12. The summed E-state index contributed by atoms with van der Waals surface area (Å²) in [4.78, 5) is 0. The lowest BCUT2D eigenvalue weighted by Crippen LogP contribution is -2.25. The number of hydrogen-bond acceptors (Lipinski definition) is 6. The average molecular weight is 529 g/mol. The minimum atomic E-state index is 0.710. The molecule has 0 radical (unpaired) electrons. The van der Waals surface area contributed by atoms with E-state index >= 15 is 0 Å². The van der Waals surface area contributed by atoms with Crippen LogP contribution >= 0.6 is 0 Å². The van der Waals surface area contributed by atoms with Crippen LogP contribution in [0.4, 0.5) is 23.3 Å². The number of benzene rings is 2.